The molecule has 0 spiro atoms. The van der Waals surface area contributed by atoms with Crippen molar-refractivity contribution in [1.82, 2.24) is 15.0 Å². The van der Waals surface area contributed by atoms with Crippen LogP contribution in [-0.4, -0.2) is 21.5 Å². The van der Waals surface area contributed by atoms with Crippen molar-refractivity contribution in [2.45, 2.75) is 6.42 Å². The van der Waals surface area contributed by atoms with Crippen LogP contribution in [0.3, 0.4) is 0 Å². The van der Waals surface area contributed by atoms with Crippen LogP contribution < -0.4 is 5.32 Å². The molecular formula is C10H9N5S. The monoisotopic (exact) mass is 231 g/mol. The Kier molecular flexibility index (Phi) is 3.41. The van der Waals surface area contributed by atoms with Gasteiger partial charge in [0.05, 0.1) is 23.6 Å². The van der Waals surface area contributed by atoms with Crippen molar-refractivity contribution in [1.29, 1.82) is 5.26 Å². The van der Waals surface area contributed by atoms with Crippen LogP contribution in [0.1, 0.15) is 11.4 Å². The summed E-state index contributed by atoms with van der Waals surface area (Å²) in [5.74, 6) is 0.675. The quantitative estimate of drug-likeness (QED) is 0.862. The van der Waals surface area contributed by atoms with Crippen molar-refractivity contribution in [3.8, 4) is 6.07 Å². The van der Waals surface area contributed by atoms with Crippen molar-refractivity contribution in [2.24, 2.45) is 0 Å². The van der Waals surface area contributed by atoms with E-state index in [9.17, 15) is 0 Å². The molecule has 2 aromatic heterocycles. The van der Waals surface area contributed by atoms with Crippen LogP contribution >= 0.6 is 11.3 Å². The zero-order chi connectivity index (χ0) is 11.2. The van der Waals surface area contributed by atoms with Gasteiger partial charge in [-0.2, -0.15) is 5.26 Å². The second kappa shape index (κ2) is 5.19. The number of nitrogens with one attached hydrogen (secondary N) is 1. The fourth-order valence-corrected chi connectivity index (χ4v) is 1.75. The average Bonchev–Trinajstić information content (AvgIpc) is 2.83. The Hall–Kier alpha value is -2.00. The van der Waals surface area contributed by atoms with Crippen LogP contribution in [-0.2, 0) is 6.42 Å². The van der Waals surface area contributed by atoms with Gasteiger partial charge >= 0.3 is 0 Å². The maximum absolute atomic E-state index is 8.55. The summed E-state index contributed by atoms with van der Waals surface area (Å²) in [5, 5.41) is 13.7. The summed E-state index contributed by atoms with van der Waals surface area (Å²) >= 11 is 1.59. The largest absolute Gasteiger partial charge is 0.368 e. The predicted molar refractivity (Wildman–Crippen MR) is 61.1 cm³/mol. The van der Waals surface area contributed by atoms with E-state index >= 15 is 0 Å². The maximum Gasteiger partial charge on any atom is 0.158 e. The summed E-state index contributed by atoms with van der Waals surface area (Å²) < 4.78 is 0. The maximum atomic E-state index is 8.55. The lowest BCUT2D eigenvalue weighted by Gasteiger charge is -2.02. The third-order valence-electron chi connectivity index (χ3n) is 1.94. The fraction of sp³-hybridized carbons (Fsp3) is 0.200. The second-order valence-corrected chi connectivity index (χ2v) is 3.77. The molecule has 0 saturated carbocycles. The molecule has 0 atom stereocenters. The number of hydrogen-bond acceptors (Lipinski definition) is 6. The number of rotatable bonds is 4. The molecule has 5 nitrogen and oxygen atoms in total. The van der Waals surface area contributed by atoms with Gasteiger partial charge in [-0.15, -0.1) is 11.3 Å². The fourth-order valence-electron chi connectivity index (χ4n) is 1.16. The van der Waals surface area contributed by atoms with Crippen LogP contribution in [0.4, 0.5) is 5.82 Å². The minimum atomic E-state index is 0.324. The molecule has 0 radical (unpaired) electrons. The topological polar surface area (TPSA) is 74.5 Å². The van der Waals surface area contributed by atoms with Gasteiger partial charge in [0.2, 0.25) is 0 Å². The Balaban J connectivity index is 1.83. The smallest absolute Gasteiger partial charge is 0.158 e. The first-order valence-electron chi connectivity index (χ1n) is 4.71. The lowest BCUT2D eigenvalue weighted by Crippen LogP contribution is -2.06. The first kappa shape index (κ1) is 10.5. The van der Waals surface area contributed by atoms with E-state index in [0.717, 1.165) is 18.7 Å². The van der Waals surface area contributed by atoms with E-state index in [0.29, 0.717) is 11.5 Å². The third-order valence-corrected chi connectivity index (χ3v) is 2.57. The van der Waals surface area contributed by atoms with E-state index in [1.807, 2.05) is 17.0 Å². The van der Waals surface area contributed by atoms with Crippen LogP contribution in [0.5, 0.6) is 0 Å². The minimum Gasteiger partial charge on any atom is -0.368 e. The van der Waals surface area contributed by atoms with Crippen LogP contribution in [0.2, 0.25) is 0 Å². The zero-order valence-electron chi connectivity index (χ0n) is 8.42. The van der Waals surface area contributed by atoms with Crippen molar-refractivity contribution < 1.29 is 0 Å². The highest BCUT2D eigenvalue weighted by Crippen LogP contribution is 2.03. The second-order valence-electron chi connectivity index (χ2n) is 3.06. The van der Waals surface area contributed by atoms with Crippen molar-refractivity contribution in [3.63, 3.8) is 0 Å². The average molecular weight is 231 g/mol. The normalized spacial score (nSPS) is 9.69. The van der Waals surface area contributed by atoms with Crippen LogP contribution in [0.25, 0.3) is 0 Å². The summed E-state index contributed by atoms with van der Waals surface area (Å²) in [6, 6.07) is 1.92. The van der Waals surface area contributed by atoms with Gasteiger partial charge in [0.15, 0.2) is 5.69 Å². The SMILES string of the molecule is N#Cc1cnc(NCCc2cscn2)cn1. The molecule has 16 heavy (non-hydrogen) atoms. The molecule has 6 heteroatoms. The highest BCUT2D eigenvalue weighted by Gasteiger charge is 1.97. The van der Waals surface area contributed by atoms with E-state index in [2.05, 4.69) is 20.3 Å². The summed E-state index contributed by atoms with van der Waals surface area (Å²) in [5.41, 5.74) is 3.21. The van der Waals surface area contributed by atoms with Gasteiger partial charge < -0.3 is 5.32 Å². The summed E-state index contributed by atoms with van der Waals surface area (Å²) in [4.78, 5) is 12.1. The Labute approximate surface area is 96.8 Å². The van der Waals surface area contributed by atoms with Gasteiger partial charge in [0, 0.05) is 18.3 Å². The van der Waals surface area contributed by atoms with Crippen LogP contribution in [0.15, 0.2) is 23.3 Å². The van der Waals surface area contributed by atoms with Crippen molar-refractivity contribution in [3.05, 3.63) is 34.7 Å². The van der Waals surface area contributed by atoms with Gasteiger partial charge in [-0.3, -0.25) is 0 Å². The Morgan fingerprint density at radius 1 is 1.31 bits per heavy atom. The molecule has 2 aromatic rings. The molecule has 0 aliphatic rings. The van der Waals surface area contributed by atoms with Crippen molar-refractivity contribution >= 4 is 17.2 Å². The van der Waals surface area contributed by atoms with E-state index in [1.54, 1.807) is 17.5 Å². The standard InChI is InChI=1S/C10H9N5S/c11-3-9-4-14-10(5-13-9)12-2-1-8-6-16-7-15-8/h4-7H,1-2H2,(H,12,14). The minimum absolute atomic E-state index is 0.324. The number of nitriles is 1. The van der Waals surface area contributed by atoms with Gasteiger partial charge in [-0.1, -0.05) is 0 Å². The van der Waals surface area contributed by atoms with E-state index in [1.165, 1.54) is 6.20 Å². The summed E-state index contributed by atoms with van der Waals surface area (Å²) in [6.07, 6.45) is 3.86. The van der Waals surface area contributed by atoms with Crippen LogP contribution in [0, 0.1) is 11.3 Å². The molecule has 0 amide bonds. The molecule has 0 fully saturated rings. The van der Waals surface area contributed by atoms with E-state index < -0.39 is 0 Å². The Morgan fingerprint density at radius 3 is 2.88 bits per heavy atom. The molecule has 80 valence electrons. The van der Waals surface area contributed by atoms with Gasteiger partial charge in [-0.05, 0) is 0 Å². The predicted octanol–water partition coefficient (Wildman–Crippen LogP) is 1.46. The Bertz CT molecular complexity index is 471. The first-order valence-corrected chi connectivity index (χ1v) is 5.66. The molecular weight excluding hydrogens is 222 g/mol. The molecule has 1 N–H and O–H groups in total. The lowest BCUT2D eigenvalue weighted by atomic mass is 10.3. The zero-order valence-corrected chi connectivity index (χ0v) is 9.24. The molecule has 0 bridgehead atoms. The van der Waals surface area contributed by atoms with Gasteiger partial charge in [-0.25, -0.2) is 15.0 Å². The van der Waals surface area contributed by atoms with E-state index in [4.69, 9.17) is 5.26 Å². The third kappa shape index (κ3) is 2.74. The molecule has 0 unspecified atom stereocenters. The molecule has 2 rings (SSSR count). The van der Waals surface area contributed by atoms with Crippen molar-refractivity contribution in [2.75, 3.05) is 11.9 Å². The molecule has 0 aliphatic heterocycles. The first-order chi connectivity index (χ1) is 7.88. The number of nitrogens with zero attached hydrogens (tertiary/aromatic N) is 4. The number of thiazole rings is 1. The molecule has 0 aliphatic carbocycles. The van der Waals surface area contributed by atoms with Gasteiger partial charge in [0.25, 0.3) is 0 Å². The number of hydrogen-bond donors (Lipinski definition) is 1. The molecule has 0 saturated heterocycles. The number of aromatic nitrogens is 3. The summed E-state index contributed by atoms with van der Waals surface area (Å²) in [6.45, 7) is 0.754. The van der Waals surface area contributed by atoms with Gasteiger partial charge in [0.1, 0.15) is 11.9 Å². The Morgan fingerprint density at radius 2 is 2.25 bits per heavy atom. The lowest BCUT2D eigenvalue weighted by molar-refractivity contribution is 0.963. The highest BCUT2D eigenvalue weighted by molar-refractivity contribution is 7.07. The molecule has 2 heterocycles. The van der Waals surface area contributed by atoms with E-state index in [-0.39, 0.29) is 0 Å². The number of anilines is 1. The highest BCUT2D eigenvalue weighted by atomic mass is 32.1. The summed E-state index contributed by atoms with van der Waals surface area (Å²) in [7, 11) is 0. The molecule has 0 aromatic carbocycles.